The van der Waals surface area contributed by atoms with E-state index in [-0.39, 0.29) is 32.0 Å². The molecule has 0 aromatic heterocycles. The van der Waals surface area contributed by atoms with Crippen molar-refractivity contribution in [3.05, 3.63) is 48.6 Å². The van der Waals surface area contributed by atoms with Gasteiger partial charge in [-0.05, 0) is 77.0 Å². The van der Waals surface area contributed by atoms with E-state index in [1.54, 1.807) is 0 Å². The number of rotatable bonds is 44. The van der Waals surface area contributed by atoms with Crippen LogP contribution in [-0.2, 0) is 32.7 Å². The van der Waals surface area contributed by atoms with Crippen LogP contribution in [0, 0.1) is 0 Å². The summed E-state index contributed by atoms with van der Waals surface area (Å²) in [5, 5.41) is 0. The lowest BCUT2D eigenvalue weighted by Crippen LogP contribution is -2.37. The summed E-state index contributed by atoms with van der Waals surface area (Å²) in [5.74, 6) is -0.842. The smallest absolute Gasteiger partial charge is 0.462 e. The summed E-state index contributed by atoms with van der Waals surface area (Å²) >= 11 is 0. The van der Waals surface area contributed by atoms with Crippen molar-refractivity contribution in [2.45, 2.75) is 213 Å². The molecular formula is C50H93NO8P+. The Kier molecular flexibility index (Phi) is 40.8. The maximum atomic E-state index is 12.7. The molecule has 1 unspecified atom stereocenters. The number of nitrogens with zero attached hydrogens (tertiary/aromatic N) is 1. The second-order valence-electron chi connectivity index (χ2n) is 17.5. The van der Waals surface area contributed by atoms with Gasteiger partial charge in [-0.2, -0.15) is 0 Å². The maximum Gasteiger partial charge on any atom is 0.472 e. The minimum absolute atomic E-state index is 0.0235. The van der Waals surface area contributed by atoms with E-state index in [4.69, 9.17) is 18.5 Å². The molecule has 0 saturated heterocycles. The lowest BCUT2D eigenvalue weighted by Gasteiger charge is -2.24. The molecule has 0 saturated carbocycles. The van der Waals surface area contributed by atoms with Crippen LogP contribution in [0.3, 0.4) is 0 Å². The topological polar surface area (TPSA) is 108 Å². The number of hydrogen-bond donors (Lipinski definition) is 1. The molecule has 0 radical (unpaired) electrons. The first kappa shape index (κ1) is 58.0. The molecule has 0 heterocycles. The molecule has 60 heavy (non-hydrogen) atoms. The zero-order valence-electron chi connectivity index (χ0n) is 39.4. The number of phosphoric ester groups is 1. The van der Waals surface area contributed by atoms with Gasteiger partial charge in [0.05, 0.1) is 27.7 Å². The molecule has 0 spiro atoms. The maximum absolute atomic E-state index is 12.7. The number of quaternary nitrogens is 1. The summed E-state index contributed by atoms with van der Waals surface area (Å²) in [4.78, 5) is 35.4. The Morgan fingerprint density at radius 1 is 0.517 bits per heavy atom. The van der Waals surface area contributed by atoms with Gasteiger partial charge in [-0.3, -0.25) is 18.6 Å². The normalized spacial score (nSPS) is 13.9. The van der Waals surface area contributed by atoms with Crippen LogP contribution in [0.1, 0.15) is 206 Å². The van der Waals surface area contributed by atoms with Crippen molar-refractivity contribution in [2.24, 2.45) is 0 Å². The molecule has 0 aliphatic carbocycles. The SMILES string of the molecule is CCCCC/C=C\C/C=C\C/C=C\CCCCC(=O)O[C@H](COC(=O)CCCCCCCCCCCCC/C=C\CCCCCCCC)COP(=O)(O)OCC[N+](C)(C)C. The van der Waals surface area contributed by atoms with Gasteiger partial charge in [-0.25, -0.2) is 4.57 Å². The van der Waals surface area contributed by atoms with Crippen LogP contribution in [0.5, 0.6) is 0 Å². The Bertz CT molecular complexity index is 1160. The Balaban J connectivity index is 4.30. The van der Waals surface area contributed by atoms with E-state index in [0.29, 0.717) is 17.4 Å². The number of phosphoric acid groups is 1. The summed E-state index contributed by atoms with van der Waals surface area (Å²) in [7, 11) is 1.45. The Labute approximate surface area is 369 Å². The van der Waals surface area contributed by atoms with E-state index in [1.165, 1.54) is 122 Å². The van der Waals surface area contributed by atoms with Crippen LogP contribution in [0.25, 0.3) is 0 Å². The van der Waals surface area contributed by atoms with Crippen molar-refractivity contribution in [1.29, 1.82) is 0 Å². The molecule has 0 amide bonds. The largest absolute Gasteiger partial charge is 0.472 e. The van der Waals surface area contributed by atoms with Crippen LogP contribution < -0.4 is 0 Å². The molecule has 10 heteroatoms. The molecular weight excluding hydrogens is 774 g/mol. The predicted octanol–water partition coefficient (Wildman–Crippen LogP) is 14.2. The van der Waals surface area contributed by atoms with Crippen LogP contribution in [0.2, 0.25) is 0 Å². The zero-order valence-corrected chi connectivity index (χ0v) is 40.3. The van der Waals surface area contributed by atoms with Gasteiger partial charge in [0, 0.05) is 12.8 Å². The number of hydrogen-bond acceptors (Lipinski definition) is 7. The van der Waals surface area contributed by atoms with Gasteiger partial charge in [0.15, 0.2) is 6.10 Å². The Morgan fingerprint density at radius 3 is 1.42 bits per heavy atom. The first-order valence-electron chi connectivity index (χ1n) is 24.4. The molecule has 0 fully saturated rings. The van der Waals surface area contributed by atoms with E-state index in [9.17, 15) is 19.0 Å². The molecule has 350 valence electrons. The van der Waals surface area contributed by atoms with Gasteiger partial charge in [-0.1, -0.05) is 165 Å². The van der Waals surface area contributed by atoms with Gasteiger partial charge in [-0.15, -0.1) is 0 Å². The zero-order chi connectivity index (χ0) is 44.3. The number of unbranched alkanes of at least 4 members (excludes halogenated alkanes) is 22. The fourth-order valence-electron chi connectivity index (χ4n) is 6.49. The van der Waals surface area contributed by atoms with Crippen LogP contribution >= 0.6 is 7.82 Å². The first-order valence-corrected chi connectivity index (χ1v) is 25.9. The summed E-state index contributed by atoms with van der Waals surface area (Å²) in [5.41, 5.74) is 0. The summed E-state index contributed by atoms with van der Waals surface area (Å²) in [6.07, 6.45) is 50.2. The van der Waals surface area contributed by atoms with E-state index >= 15 is 0 Å². The Morgan fingerprint density at radius 2 is 0.900 bits per heavy atom. The van der Waals surface area contributed by atoms with Crippen LogP contribution in [-0.4, -0.2) is 74.9 Å². The van der Waals surface area contributed by atoms with Crippen molar-refractivity contribution < 1.29 is 42.1 Å². The predicted molar refractivity (Wildman–Crippen MR) is 252 cm³/mol. The highest BCUT2D eigenvalue weighted by atomic mass is 31.2. The summed E-state index contributed by atoms with van der Waals surface area (Å²) in [6.45, 7) is 4.35. The first-order chi connectivity index (χ1) is 29.0. The molecule has 9 nitrogen and oxygen atoms in total. The highest BCUT2D eigenvalue weighted by Gasteiger charge is 2.27. The van der Waals surface area contributed by atoms with Gasteiger partial charge in [0.2, 0.25) is 0 Å². The number of carbonyl (C=O) groups excluding carboxylic acids is 2. The lowest BCUT2D eigenvalue weighted by molar-refractivity contribution is -0.870. The number of ether oxygens (including phenoxy) is 2. The van der Waals surface area contributed by atoms with Crippen molar-refractivity contribution in [2.75, 3.05) is 47.5 Å². The molecule has 0 aromatic carbocycles. The number of allylic oxidation sites excluding steroid dienone is 8. The average Bonchev–Trinajstić information content (AvgIpc) is 3.20. The molecule has 0 aromatic rings. The third kappa shape index (κ3) is 45.5. The number of esters is 2. The number of carbonyl (C=O) groups is 2. The van der Waals surface area contributed by atoms with Gasteiger partial charge >= 0.3 is 19.8 Å². The third-order valence-electron chi connectivity index (χ3n) is 10.3. The third-order valence-corrected chi connectivity index (χ3v) is 11.3. The van der Waals surface area contributed by atoms with Gasteiger partial charge in [0.25, 0.3) is 0 Å². The second-order valence-corrected chi connectivity index (χ2v) is 18.9. The standard InChI is InChI=1S/C50H92NO8P/c1-6-8-10-12-14-16-18-20-22-23-24-25-26-27-29-30-32-34-36-38-40-42-49(52)56-46-48(47-58-60(54,55)57-45-44-51(3,4)5)59-50(53)43-41-39-37-35-33-31-28-21-19-17-15-13-11-9-7-2/h15,17,20-22,28,33,35,48H,6-14,16,18-19,23-27,29-32,34,36-47H2,1-5H3/p+1/b17-15-,22-20-,28-21-,35-33-/t48-/m1/s1. The highest BCUT2D eigenvalue weighted by molar-refractivity contribution is 7.47. The van der Waals surface area contributed by atoms with E-state index in [1.807, 2.05) is 21.1 Å². The van der Waals surface area contributed by atoms with Crippen LogP contribution in [0.15, 0.2) is 48.6 Å². The average molecular weight is 867 g/mol. The minimum Gasteiger partial charge on any atom is -0.462 e. The van der Waals surface area contributed by atoms with Crippen molar-refractivity contribution >= 4 is 19.8 Å². The van der Waals surface area contributed by atoms with Crippen molar-refractivity contribution in [3.8, 4) is 0 Å². The quantitative estimate of drug-likeness (QED) is 0.0212. The minimum atomic E-state index is -4.39. The Hall–Kier alpha value is -2.03. The molecule has 0 bridgehead atoms. The number of likely N-dealkylation sites (N-methyl/N-ethyl adjacent to an activating group) is 1. The molecule has 0 rings (SSSR count). The highest BCUT2D eigenvalue weighted by Crippen LogP contribution is 2.43. The molecule has 1 N–H and O–H groups in total. The van der Waals surface area contributed by atoms with Gasteiger partial charge < -0.3 is 18.9 Å². The second kappa shape index (κ2) is 42.3. The van der Waals surface area contributed by atoms with Crippen LogP contribution in [0.4, 0.5) is 0 Å². The lowest BCUT2D eigenvalue weighted by atomic mass is 10.0. The molecule has 2 atom stereocenters. The van der Waals surface area contributed by atoms with E-state index in [2.05, 4.69) is 62.5 Å². The van der Waals surface area contributed by atoms with E-state index in [0.717, 1.165) is 51.4 Å². The molecule has 0 aliphatic rings. The molecule has 0 aliphatic heterocycles. The monoisotopic (exact) mass is 867 g/mol. The van der Waals surface area contributed by atoms with Crippen molar-refractivity contribution in [3.63, 3.8) is 0 Å². The van der Waals surface area contributed by atoms with Gasteiger partial charge in [0.1, 0.15) is 19.8 Å². The fourth-order valence-corrected chi connectivity index (χ4v) is 7.23. The fraction of sp³-hybridized carbons (Fsp3) is 0.800. The van der Waals surface area contributed by atoms with E-state index < -0.39 is 26.5 Å². The van der Waals surface area contributed by atoms with Crippen molar-refractivity contribution in [1.82, 2.24) is 0 Å². The summed E-state index contributed by atoms with van der Waals surface area (Å²) < 4.78 is 34.3. The summed E-state index contributed by atoms with van der Waals surface area (Å²) in [6, 6.07) is 0.